The molecule has 0 aromatic carbocycles. The number of hydrogen-bond donors (Lipinski definition) is 0. The fraction of sp³-hybridized carbons (Fsp3) is 0. The molecule has 0 bridgehead atoms. The summed E-state index contributed by atoms with van der Waals surface area (Å²) in [4.78, 5) is 0. The molecule has 0 N–H and O–H groups in total. The van der Waals surface area contributed by atoms with E-state index in [2.05, 4.69) is 12.1 Å². The third kappa shape index (κ3) is 0.933. The number of aromatic nitrogens is 2. The van der Waals surface area contributed by atoms with Crippen LogP contribution in [0, 0.1) is 7.05 Å². The summed E-state index contributed by atoms with van der Waals surface area (Å²) in [6.45, 7) is 0. The van der Waals surface area contributed by atoms with Gasteiger partial charge in [-0.15, -0.1) is 0 Å². The minimum atomic E-state index is 0.481. The Hall–Kier alpha value is -0.500. The van der Waals surface area contributed by atoms with Gasteiger partial charge in [0.2, 0.25) is 0 Å². The van der Waals surface area contributed by atoms with Crippen LogP contribution < -0.4 is 0 Å². The predicted molar refractivity (Wildman–Crippen MR) is 28.0 cm³/mol. The Kier molecular flexibility index (Phi) is 1.02. The minimum Gasteiger partial charge on any atom is -0.269 e. The van der Waals surface area contributed by atoms with Gasteiger partial charge >= 0.3 is 0 Å². The summed E-state index contributed by atoms with van der Waals surface area (Å²) in [7, 11) is 3.46. The molecule has 0 aliphatic heterocycles. The maximum Gasteiger partial charge on any atom is 0.151 e. The predicted octanol–water partition coefficient (Wildman–Crippen LogP) is 1.18. The van der Waals surface area contributed by atoms with Crippen molar-refractivity contribution in [2.45, 2.75) is 0 Å². The highest BCUT2D eigenvalue weighted by molar-refractivity contribution is 6.29. The molecule has 1 aromatic rings. The summed E-state index contributed by atoms with van der Waals surface area (Å²) in [6, 6.07) is 1.68. The van der Waals surface area contributed by atoms with Gasteiger partial charge < -0.3 is 0 Å². The highest BCUT2D eigenvalue weighted by Gasteiger charge is 1.84. The summed E-state index contributed by atoms with van der Waals surface area (Å²) in [6.07, 6.45) is 1.68. The maximum absolute atomic E-state index is 5.39. The topological polar surface area (TPSA) is 17.8 Å². The van der Waals surface area contributed by atoms with Crippen molar-refractivity contribution >= 4 is 11.6 Å². The highest BCUT2D eigenvalue weighted by Crippen LogP contribution is 1.99. The summed E-state index contributed by atoms with van der Waals surface area (Å²) < 4.78 is 1.41. The average molecular weight is 116 g/mol. The molecule has 0 unspecified atom stereocenters. The fourth-order valence-corrected chi connectivity index (χ4v) is 0.490. The normalized spacial score (nSPS) is 9.43. The standard InChI is InChI=1S/C4H4ClN2/c1-7-3-2-4(5)6-7/h2-3H,1H2. The van der Waals surface area contributed by atoms with Crippen molar-refractivity contribution in [3.8, 4) is 0 Å². The molecule has 0 aliphatic carbocycles. The maximum atomic E-state index is 5.39. The quantitative estimate of drug-likeness (QED) is 0.497. The molecule has 0 spiro atoms. The molecule has 1 radical (unpaired) electrons. The van der Waals surface area contributed by atoms with Crippen molar-refractivity contribution in [3.63, 3.8) is 0 Å². The molecule has 0 saturated carbocycles. The van der Waals surface area contributed by atoms with Crippen LogP contribution in [0.2, 0.25) is 5.15 Å². The SMILES string of the molecule is [CH2]n1ccc(Cl)n1. The van der Waals surface area contributed by atoms with E-state index in [-0.39, 0.29) is 0 Å². The second-order valence-electron chi connectivity index (χ2n) is 1.18. The molecule has 0 fully saturated rings. The smallest absolute Gasteiger partial charge is 0.151 e. The molecule has 1 rings (SSSR count). The van der Waals surface area contributed by atoms with Crippen molar-refractivity contribution in [1.29, 1.82) is 0 Å². The molecule has 0 saturated heterocycles. The van der Waals surface area contributed by atoms with E-state index in [0.29, 0.717) is 5.15 Å². The van der Waals surface area contributed by atoms with Crippen LogP contribution in [-0.2, 0) is 0 Å². The van der Waals surface area contributed by atoms with Crippen LogP contribution in [-0.4, -0.2) is 9.78 Å². The number of nitrogens with zero attached hydrogens (tertiary/aromatic N) is 2. The average Bonchev–Trinajstić information content (AvgIpc) is 1.87. The fourth-order valence-electron chi connectivity index (χ4n) is 0.337. The zero-order valence-corrected chi connectivity index (χ0v) is 4.39. The van der Waals surface area contributed by atoms with Crippen molar-refractivity contribution < 1.29 is 0 Å². The Labute approximate surface area is 46.7 Å². The molecule has 37 valence electrons. The molecule has 0 atom stereocenters. The third-order valence-electron chi connectivity index (χ3n) is 0.608. The molecule has 3 heteroatoms. The highest BCUT2D eigenvalue weighted by atomic mass is 35.5. The molecule has 1 heterocycles. The Morgan fingerprint density at radius 2 is 2.57 bits per heavy atom. The van der Waals surface area contributed by atoms with E-state index in [1.54, 1.807) is 12.3 Å². The Balaban J connectivity index is 3.04. The van der Waals surface area contributed by atoms with Gasteiger partial charge in [0.25, 0.3) is 0 Å². The van der Waals surface area contributed by atoms with Crippen LogP contribution in [0.5, 0.6) is 0 Å². The van der Waals surface area contributed by atoms with E-state index in [0.717, 1.165) is 0 Å². The van der Waals surface area contributed by atoms with E-state index in [9.17, 15) is 0 Å². The second-order valence-corrected chi connectivity index (χ2v) is 1.57. The van der Waals surface area contributed by atoms with Gasteiger partial charge in [0, 0.05) is 6.20 Å². The Morgan fingerprint density at radius 1 is 1.86 bits per heavy atom. The van der Waals surface area contributed by atoms with E-state index in [1.807, 2.05) is 0 Å². The van der Waals surface area contributed by atoms with Gasteiger partial charge in [-0.2, -0.15) is 5.10 Å². The van der Waals surface area contributed by atoms with Crippen molar-refractivity contribution in [1.82, 2.24) is 9.78 Å². The molecular formula is C4H4ClN2. The Morgan fingerprint density at radius 3 is 2.71 bits per heavy atom. The van der Waals surface area contributed by atoms with Gasteiger partial charge in [0.1, 0.15) is 0 Å². The van der Waals surface area contributed by atoms with Crippen LogP contribution in [0.15, 0.2) is 12.3 Å². The van der Waals surface area contributed by atoms with Crippen LogP contribution in [0.4, 0.5) is 0 Å². The van der Waals surface area contributed by atoms with Crippen molar-refractivity contribution in [2.75, 3.05) is 0 Å². The van der Waals surface area contributed by atoms with Crippen LogP contribution in [0.25, 0.3) is 0 Å². The second kappa shape index (κ2) is 1.54. The third-order valence-corrected chi connectivity index (χ3v) is 0.810. The summed E-state index contributed by atoms with van der Waals surface area (Å²) in [5.74, 6) is 0. The molecule has 2 nitrogen and oxygen atoms in total. The van der Waals surface area contributed by atoms with Gasteiger partial charge in [-0.05, 0) is 6.07 Å². The number of rotatable bonds is 0. The molecule has 7 heavy (non-hydrogen) atoms. The zero-order chi connectivity index (χ0) is 5.28. The summed E-state index contributed by atoms with van der Waals surface area (Å²) in [5, 5.41) is 4.16. The van der Waals surface area contributed by atoms with Gasteiger partial charge in [0.05, 0.1) is 7.05 Å². The van der Waals surface area contributed by atoms with Gasteiger partial charge in [-0.25, -0.2) is 0 Å². The number of halogens is 1. The van der Waals surface area contributed by atoms with Gasteiger partial charge in [-0.1, -0.05) is 11.6 Å². The number of hydrogen-bond acceptors (Lipinski definition) is 1. The van der Waals surface area contributed by atoms with E-state index < -0.39 is 0 Å². The van der Waals surface area contributed by atoms with Crippen LogP contribution in [0.1, 0.15) is 0 Å². The lowest BCUT2D eigenvalue weighted by Gasteiger charge is -1.78. The first-order valence-corrected chi connectivity index (χ1v) is 2.19. The first kappa shape index (κ1) is 4.65. The lowest BCUT2D eigenvalue weighted by molar-refractivity contribution is 0.878. The first-order valence-electron chi connectivity index (χ1n) is 1.81. The minimum absolute atomic E-state index is 0.481. The summed E-state index contributed by atoms with van der Waals surface area (Å²) in [5.41, 5.74) is 0. The lowest BCUT2D eigenvalue weighted by Crippen LogP contribution is -1.81. The largest absolute Gasteiger partial charge is 0.269 e. The Bertz CT molecular complexity index is 142. The monoisotopic (exact) mass is 115 g/mol. The van der Waals surface area contributed by atoms with Crippen molar-refractivity contribution in [2.24, 2.45) is 0 Å². The van der Waals surface area contributed by atoms with E-state index >= 15 is 0 Å². The molecule has 0 aliphatic rings. The van der Waals surface area contributed by atoms with Crippen LogP contribution >= 0.6 is 11.6 Å². The van der Waals surface area contributed by atoms with E-state index in [4.69, 9.17) is 11.6 Å². The molecule has 1 aromatic heterocycles. The van der Waals surface area contributed by atoms with Gasteiger partial charge in [0.15, 0.2) is 5.15 Å². The van der Waals surface area contributed by atoms with Crippen LogP contribution in [0.3, 0.4) is 0 Å². The zero-order valence-electron chi connectivity index (χ0n) is 3.63. The molecular weight excluding hydrogens is 112 g/mol. The first-order chi connectivity index (χ1) is 3.29. The summed E-state index contributed by atoms with van der Waals surface area (Å²) >= 11 is 5.39. The van der Waals surface area contributed by atoms with Gasteiger partial charge in [-0.3, -0.25) is 4.68 Å². The van der Waals surface area contributed by atoms with E-state index in [1.165, 1.54) is 4.68 Å². The molecule has 0 amide bonds. The van der Waals surface area contributed by atoms with Crippen molar-refractivity contribution in [3.05, 3.63) is 24.5 Å². The lowest BCUT2D eigenvalue weighted by atomic mass is 10.7.